The molecule has 0 aliphatic heterocycles. The van der Waals surface area contributed by atoms with Gasteiger partial charge in [0.15, 0.2) is 0 Å². The Morgan fingerprint density at radius 1 is 1.26 bits per heavy atom. The predicted molar refractivity (Wildman–Crippen MR) is 79.9 cm³/mol. The molecular weight excluding hydrogens is 232 g/mol. The Hall–Kier alpha value is -1.75. The summed E-state index contributed by atoms with van der Waals surface area (Å²) >= 11 is 0. The highest BCUT2D eigenvalue weighted by atomic mass is 15.0. The van der Waals surface area contributed by atoms with Gasteiger partial charge in [-0.1, -0.05) is 31.5 Å². The van der Waals surface area contributed by atoms with Gasteiger partial charge in [0.25, 0.3) is 0 Å². The molecule has 0 saturated carbocycles. The molecule has 0 saturated heterocycles. The van der Waals surface area contributed by atoms with E-state index in [0.29, 0.717) is 12.3 Å². The lowest BCUT2D eigenvalue weighted by Gasteiger charge is -2.18. The van der Waals surface area contributed by atoms with Crippen molar-refractivity contribution >= 4 is 10.9 Å². The molecule has 0 N–H and O–H groups in total. The Balaban J connectivity index is 2.23. The van der Waals surface area contributed by atoms with Crippen LogP contribution in [0, 0.1) is 24.2 Å². The van der Waals surface area contributed by atoms with Gasteiger partial charge in [-0.3, -0.25) is 0 Å². The van der Waals surface area contributed by atoms with Crippen molar-refractivity contribution in [2.45, 2.75) is 46.1 Å². The number of fused-ring (bicyclic) bond motifs is 1. The fraction of sp³-hybridized carbons (Fsp3) is 0.471. The van der Waals surface area contributed by atoms with Crippen molar-refractivity contribution in [1.82, 2.24) is 4.57 Å². The lowest BCUT2D eigenvalue weighted by Crippen LogP contribution is -2.11. The Labute approximate surface area is 115 Å². The van der Waals surface area contributed by atoms with Crippen LogP contribution in [0.15, 0.2) is 30.3 Å². The molecule has 0 amide bonds. The second-order valence-electron chi connectivity index (χ2n) is 5.31. The van der Waals surface area contributed by atoms with E-state index < -0.39 is 0 Å². The normalized spacial score (nSPS) is 12.5. The molecule has 1 aromatic carbocycles. The van der Waals surface area contributed by atoms with Crippen LogP contribution in [0.5, 0.6) is 0 Å². The minimum absolute atomic E-state index is 0.610. The molecule has 19 heavy (non-hydrogen) atoms. The van der Waals surface area contributed by atoms with Gasteiger partial charge in [-0.05, 0) is 43.2 Å². The average Bonchev–Trinajstić information content (AvgIpc) is 2.73. The van der Waals surface area contributed by atoms with Gasteiger partial charge >= 0.3 is 0 Å². The number of para-hydroxylation sites is 1. The molecule has 0 aliphatic carbocycles. The molecular formula is C17H22N2. The molecule has 0 bridgehead atoms. The van der Waals surface area contributed by atoms with E-state index in [9.17, 15) is 0 Å². The Morgan fingerprint density at radius 2 is 2.05 bits per heavy atom. The van der Waals surface area contributed by atoms with Crippen LogP contribution in [0.4, 0.5) is 0 Å². The van der Waals surface area contributed by atoms with E-state index in [1.807, 2.05) is 0 Å². The predicted octanol–water partition coefficient (Wildman–Crippen LogP) is 4.67. The maximum atomic E-state index is 8.78. The lowest BCUT2D eigenvalue weighted by molar-refractivity contribution is 0.391. The number of aromatic nitrogens is 1. The number of hydrogen-bond acceptors (Lipinski definition) is 1. The second kappa shape index (κ2) is 6.43. The van der Waals surface area contributed by atoms with Gasteiger partial charge in [-0.2, -0.15) is 5.26 Å². The summed E-state index contributed by atoms with van der Waals surface area (Å²) in [6, 6.07) is 13.1. The van der Waals surface area contributed by atoms with Crippen LogP contribution in [0.3, 0.4) is 0 Å². The van der Waals surface area contributed by atoms with E-state index in [1.54, 1.807) is 0 Å². The third kappa shape index (κ3) is 3.17. The monoisotopic (exact) mass is 254 g/mol. The van der Waals surface area contributed by atoms with E-state index in [4.69, 9.17) is 5.26 Å². The number of hydrogen-bond donors (Lipinski definition) is 0. The van der Waals surface area contributed by atoms with Gasteiger partial charge in [0, 0.05) is 24.2 Å². The Bertz CT molecular complexity index is 574. The summed E-state index contributed by atoms with van der Waals surface area (Å²) < 4.78 is 2.41. The van der Waals surface area contributed by atoms with Gasteiger partial charge < -0.3 is 4.57 Å². The SMILES string of the molecule is CCCC(CCC#N)Cn1c(C)cc2ccccc21. The Kier molecular flexibility index (Phi) is 4.63. The molecule has 0 fully saturated rings. The maximum Gasteiger partial charge on any atom is 0.0621 e. The average molecular weight is 254 g/mol. The summed E-state index contributed by atoms with van der Waals surface area (Å²) in [4.78, 5) is 0. The number of nitriles is 1. The van der Waals surface area contributed by atoms with Crippen LogP contribution < -0.4 is 0 Å². The molecule has 0 spiro atoms. The first-order valence-corrected chi connectivity index (χ1v) is 7.18. The summed E-state index contributed by atoms with van der Waals surface area (Å²) in [6.45, 7) is 5.43. The van der Waals surface area contributed by atoms with E-state index in [-0.39, 0.29) is 0 Å². The lowest BCUT2D eigenvalue weighted by atomic mass is 9.98. The van der Waals surface area contributed by atoms with E-state index in [2.05, 4.69) is 54.8 Å². The largest absolute Gasteiger partial charge is 0.345 e. The van der Waals surface area contributed by atoms with Crippen molar-refractivity contribution in [2.24, 2.45) is 5.92 Å². The maximum absolute atomic E-state index is 8.78. The minimum Gasteiger partial charge on any atom is -0.345 e. The first kappa shape index (κ1) is 13.7. The van der Waals surface area contributed by atoms with Crippen LogP contribution in [-0.4, -0.2) is 4.57 Å². The van der Waals surface area contributed by atoms with Crippen LogP contribution >= 0.6 is 0 Å². The first-order chi connectivity index (χ1) is 9.26. The molecule has 2 nitrogen and oxygen atoms in total. The van der Waals surface area contributed by atoms with E-state index in [0.717, 1.165) is 13.0 Å². The highest BCUT2D eigenvalue weighted by Gasteiger charge is 2.12. The molecule has 100 valence electrons. The highest BCUT2D eigenvalue weighted by Crippen LogP contribution is 2.23. The zero-order valence-electron chi connectivity index (χ0n) is 11.9. The molecule has 1 unspecified atom stereocenters. The van der Waals surface area contributed by atoms with Crippen LogP contribution in [0.2, 0.25) is 0 Å². The summed E-state index contributed by atoms with van der Waals surface area (Å²) in [5, 5.41) is 10.1. The minimum atomic E-state index is 0.610. The first-order valence-electron chi connectivity index (χ1n) is 7.18. The molecule has 1 aromatic heterocycles. The van der Waals surface area contributed by atoms with Gasteiger partial charge in [0.2, 0.25) is 0 Å². The summed E-state index contributed by atoms with van der Waals surface area (Å²) in [7, 11) is 0. The highest BCUT2D eigenvalue weighted by molar-refractivity contribution is 5.81. The zero-order valence-corrected chi connectivity index (χ0v) is 11.9. The molecule has 0 aliphatic rings. The van der Waals surface area contributed by atoms with Crippen molar-refractivity contribution in [1.29, 1.82) is 5.26 Å². The number of rotatable bonds is 6. The van der Waals surface area contributed by atoms with Gasteiger partial charge in [0.05, 0.1) is 6.07 Å². The summed E-state index contributed by atoms with van der Waals surface area (Å²) in [6.07, 6.45) is 4.07. The molecule has 2 rings (SSSR count). The zero-order chi connectivity index (χ0) is 13.7. The van der Waals surface area contributed by atoms with Crippen molar-refractivity contribution in [3.05, 3.63) is 36.0 Å². The van der Waals surface area contributed by atoms with Gasteiger partial charge in [0.1, 0.15) is 0 Å². The Morgan fingerprint density at radius 3 is 2.79 bits per heavy atom. The van der Waals surface area contributed by atoms with Crippen LogP contribution in [0.1, 0.15) is 38.3 Å². The van der Waals surface area contributed by atoms with Crippen molar-refractivity contribution in [3.8, 4) is 6.07 Å². The summed E-state index contributed by atoms with van der Waals surface area (Å²) in [5.74, 6) is 0.610. The van der Waals surface area contributed by atoms with Gasteiger partial charge in [-0.25, -0.2) is 0 Å². The smallest absolute Gasteiger partial charge is 0.0621 e. The second-order valence-corrected chi connectivity index (χ2v) is 5.31. The quantitative estimate of drug-likeness (QED) is 0.736. The number of benzene rings is 1. The topological polar surface area (TPSA) is 28.7 Å². The number of aryl methyl sites for hydroxylation is 1. The molecule has 2 aromatic rings. The van der Waals surface area contributed by atoms with Crippen molar-refractivity contribution < 1.29 is 0 Å². The third-order valence-electron chi connectivity index (χ3n) is 3.82. The third-order valence-corrected chi connectivity index (χ3v) is 3.82. The number of nitrogens with zero attached hydrogens (tertiary/aromatic N) is 2. The van der Waals surface area contributed by atoms with Crippen molar-refractivity contribution in [2.75, 3.05) is 0 Å². The molecule has 0 radical (unpaired) electrons. The standard InChI is InChI=1S/C17H22N2/c1-3-7-15(8-6-11-18)13-19-14(2)12-16-9-4-5-10-17(16)19/h4-5,9-10,12,15H,3,6-8,13H2,1-2H3. The fourth-order valence-electron chi connectivity index (χ4n) is 2.85. The van der Waals surface area contributed by atoms with Crippen LogP contribution in [-0.2, 0) is 6.54 Å². The molecule has 1 heterocycles. The van der Waals surface area contributed by atoms with Crippen LogP contribution in [0.25, 0.3) is 10.9 Å². The van der Waals surface area contributed by atoms with Crippen molar-refractivity contribution in [3.63, 3.8) is 0 Å². The fourth-order valence-corrected chi connectivity index (χ4v) is 2.85. The van der Waals surface area contributed by atoms with Gasteiger partial charge in [-0.15, -0.1) is 0 Å². The molecule has 2 heteroatoms. The summed E-state index contributed by atoms with van der Waals surface area (Å²) in [5.41, 5.74) is 2.64. The van der Waals surface area contributed by atoms with E-state index in [1.165, 1.54) is 29.4 Å². The molecule has 1 atom stereocenters. The van der Waals surface area contributed by atoms with E-state index >= 15 is 0 Å².